The molecule has 1 fully saturated rings. The zero-order valence-electron chi connectivity index (χ0n) is 10.6. The highest BCUT2D eigenvalue weighted by atomic mass is 16.6. The van der Waals surface area contributed by atoms with Crippen LogP contribution < -0.4 is 4.74 Å². The molecule has 3 rings (SSSR count). The molecule has 1 aliphatic heterocycles. The van der Waals surface area contributed by atoms with E-state index in [0.29, 0.717) is 16.9 Å². The monoisotopic (exact) mass is 282 g/mol. The van der Waals surface area contributed by atoms with Gasteiger partial charge in [-0.05, 0) is 0 Å². The van der Waals surface area contributed by atoms with Gasteiger partial charge in [0.25, 0.3) is 0 Å². The Hall–Kier alpha value is -1.81. The van der Waals surface area contributed by atoms with Crippen molar-refractivity contribution in [1.82, 2.24) is 19.7 Å². The number of hydrogen-bond donors (Lipinski definition) is 3. The second-order valence-electron chi connectivity index (χ2n) is 4.44. The number of aromatic nitrogens is 4. The highest BCUT2D eigenvalue weighted by Crippen LogP contribution is 2.32. The molecule has 0 spiro atoms. The Kier molecular flexibility index (Phi) is 3.26. The maximum atomic E-state index is 10.00. The van der Waals surface area contributed by atoms with Crippen LogP contribution in [0.3, 0.4) is 0 Å². The summed E-state index contributed by atoms with van der Waals surface area (Å²) in [6, 6.07) is 0. The van der Waals surface area contributed by atoms with E-state index in [0.717, 1.165) is 0 Å². The molecule has 108 valence electrons. The fourth-order valence-corrected chi connectivity index (χ4v) is 2.27. The van der Waals surface area contributed by atoms with Gasteiger partial charge in [-0.1, -0.05) is 0 Å². The predicted octanol–water partition coefficient (Wildman–Crippen LogP) is -1.55. The second kappa shape index (κ2) is 4.94. The van der Waals surface area contributed by atoms with Crippen LogP contribution in [0.2, 0.25) is 0 Å². The summed E-state index contributed by atoms with van der Waals surface area (Å²) in [4.78, 5) is 8.03. The minimum Gasteiger partial charge on any atom is -0.480 e. The molecule has 0 aliphatic carbocycles. The van der Waals surface area contributed by atoms with E-state index in [1.165, 1.54) is 24.3 Å². The topological polar surface area (TPSA) is 123 Å². The average molecular weight is 282 g/mol. The number of nitrogens with zero attached hydrogens (tertiary/aromatic N) is 4. The van der Waals surface area contributed by atoms with Crippen molar-refractivity contribution in [3.05, 3.63) is 12.5 Å². The molecular weight excluding hydrogens is 268 g/mol. The van der Waals surface area contributed by atoms with E-state index in [-0.39, 0.29) is 0 Å². The number of fused-ring (bicyclic) bond motifs is 1. The molecule has 0 unspecified atom stereocenters. The molecule has 2 aromatic heterocycles. The van der Waals surface area contributed by atoms with Crippen molar-refractivity contribution in [1.29, 1.82) is 0 Å². The van der Waals surface area contributed by atoms with Gasteiger partial charge in [-0.15, -0.1) is 0 Å². The molecule has 0 radical (unpaired) electrons. The lowest BCUT2D eigenvalue weighted by atomic mass is 10.1. The van der Waals surface area contributed by atoms with Gasteiger partial charge in [-0.3, -0.25) is 0 Å². The highest BCUT2D eigenvalue weighted by molar-refractivity contribution is 5.79. The van der Waals surface area contributed by atoms with Crippen molar-refractivity contribution in [3.8, 4) is 5.88 Å². The van der Waals surface area contributed by atoms with Crippen molar-refractivity contribution < 1.29 is 24.8 Å². The summed E-state index contributed by atoms with van der Waals surface area (Å²) < 4.78 is 11.8. The number of methoxy groups -OCH3 is 1. The Balaban J connectivity index is 2.03. The van der Waals surface area contributed by atoms with Crippen molar-refractivity contribution in [2.24, 2.45) is 0 Å². The fourth-order valence-electron chi connectivity index (χ4n) is 2.27. The van der Waals surface area contributed by atoms with Crippen LogP contribution in [0.15, 0.2) is 12.5 Å². The third-order valence-electron chi connectivity index (χ3n) is 3.31. The number of ether oxygens (including phenoxy) is 2. The third kappa shape index (κ3) is 1.83. The number of rotatable bonds is 3. The van der Waals surface area contributed by atoms with Gasteiger partial charge in [-0.2, -0.15) is 5.10 Å². The highest BCUT2D eigenvalue weighted by Gasteiger charge is 2.44. The number of aliphatic hydroxyl groups is 3. The van der Waals surface area contributed by atoms with Crippen LogP contribution in [0, 0.1) is 0 Å². The van der Waals surface area contributed by atoms with E-state index < -0.39 is 31.1 Å². The standard InChI is InChI=1S/C11H14N4O5/c1-19-10-5-2-14-15(9(5)12-4-13-10)11-8(18)7(17)6(3-16)20-11/h2,4,6-8,11,16-18H,3H2,1H3/t6-,7+,8+,11-/m0/s1. The Labute approximate surface area is 113 Å². The van der Waals surface area contributed by atoms with Crippen LogP contribution in [0.25, 0.3) is 11.0 Å². The van der Waals surface area contributed by atoms with Crippen LogP contribution in [0.4, 0.5) is 0 Å². The summed E-state index contributed by atoms with van der Waals surface area (Å²) in [7, 11) is 1.48. The molecule has 3 N–H and O–H groups in total. The normalized spacial score (nSPS) is 30.0. The molecule has 9 heteroatoms. The van der Waals surface area contributed by atoms with Crippen LogP contribution in [0.5, 0.6) is 5.88 Å². The molecule has 0 saturated carbocycles. The molecular formula is C11H14N4O5. The molecule has 0 aromatic carbocycles. The van der Waals surface area contributed by atoms with Crippen molar-refractivity contribution in [2.75, 3.05) is 13.7 Å². The quantitative estimate of drug-likeness (QED) is 0.618. The smallest absolute Gasteiger partial charge is 0.227 e. The average Bonchev–Trinajstić information content (AvgIpc) is 3.01. The maximum absolute atomic E-state index is 10.00. The minimum absolute atomic E-state index is 0.355. The maximum Gasteiger partial charge on any atom is 0.227 e. The molecule has 9 nitrogen and oxygen atoms in total. The Bertz CT molecular complexity index is 618. The first kappa shape index (κ1) is 13.2. The number of aliphatic hydroxyl groups excluding tert-OH is 3. The summed E-state index contributed by atoms with van der Waals surface area (Å²) in [5.41, 5.74) is 0.409. The van der Waals surface area contributed by atoms with Crippen LogP contribution >= 0.6 is 0 Å². The van der Waals surface area contributed by atoms with E-state index >= 15 is 0 Å². The molecule has 1 aliphatic rings. The molecule has 0 bridgehead atoms. The van der Waals surface area contributed by atoms with Crippen LogP contribution in [-0.4, -0.2) is 67.1 Å². The Morgan fingerprint density at radius 3 is 2.80 bits per heavy atom. The van der Waals surface area contributed by atoms with E-state index in [1.807, 2.05) is 0 Å². The van der Waals surface area contributed by atoms with Gasteiger partial charge in [-0.25, -0.2) is 14.6 Å². The first-order valence-electron chi connectivity index (χ1n) is 6.02. The fraction of sp³-hybridized carbons (Fsp3) is 0.545. The zero-order chi connectivity index (χ0) is 14.3. The minimum atomic E-state index is -1.21. The van der Waals surface area contributed by atoms with Gasteiger partial charge >= 0.3 is 0 Å². The lowest BCUT2D eigenvalue weighted by Gasteiger charge is -2.15. The summed E-state index contributed by atoms with van der Waals surface area (Å²) in [5.74, 6) is 0.355. The SMILES string of the molecule is COc1ncnc2c1cnn2[C@H]1O[C@@H](CO)[C@@H](O)[C@H]1O. The lowest BCUT2D eigenvalue weighted by molar-refractivity contribution is -0.0566. The van der Waals surface area contributed by atoms with Gasteiger partial charge in [0.15, 0.2) is 11.9 Å². The van der Waals surface area contributed by atoms with Crippen LogP contribution in [0.1, 0.15) is 6.23 Å². The van der Waals surface area contributed by atoms with Crippen molar-refractivity contribution in [2.45, 2.75) is 24.5 Å². The molecule has 20 heavy (non-hydrogen) atoms. The van der Waals surface area contributed by atoms with Crippen molar-refractivity contribution >= 4 is 11.0 Å². The molecule has 3 heterocycles. The Morgan fingerprint density at radius 2 is 2.15 bits per heavy atom. The summed E-state index contributed by atoms with van der Waals surface area (Å²) in [6.45, 7) is -0.397. The van der Waals surface area contributed by atoms with Gasteiger partial charge in [0, 0.05) is 0 Å². The predicted molar refractivity (Wildman–Crippen MR) is 64.9 cm³/mol. The van der Waals surface area contributed by atoms with Gasteiger partial charge in [0.2, 0.25) is 5.88 Å². The molecule has 0 amide bonds. The second-order valence-corrected chi connectivity index (χ2v) is 4.44. The summed E-state index contributed by atoms with van der Waals surface area (Å²) in [6.07, 6.45) is -1.40. The van der Waals surface area contributed by atoms with Gasteiger partial charge in [0.1, 0.15) is 30.0 Å². The lowest BCUT2D eigenvalue weighted by Crippen LogP contribution is -2.33. The first-order chi connectivity index (χ1) is 9.67. The van der Waals surface area contributed by atoms with E-state index in [1.54, 1.807) is 0 Å². The zero-order valence-corrected chi connectivity index (χ0v) is 10.6. The molecule has 4 atom stereocenters. The van der Waals surface area contributed by atoms with Crippen LogP contribution in [-0.2, 0) is 4.74 Å². The Morgan fingerprint density at radius 1 is 1.35 bits per heavy atom. The van der Waals surface area contributed by atoms with Gasteiger partial charge < -0.3 is 24.8 Å². The van der Waals surface area contributed by atoms with Gasteiger partial charge in [0.05, 0.1) is 19.9 Å². The number of hydrogen-bond acceptors (Lipinski definition) is 8. The molecule has 2 aromatic rings. The summed E-state index contributed by atoms with van der Waals surface area (Å²) in [5, 5.41) is 33.5. The van der Waals surface area contributed by atoms with E-state index in [2.05, 4.69) is 15.1 Å². The molecule has 1 saturated heterocycles. The van der Waals surface area contributed by atoms with E-state index in [9.17, 15) is 10.2 Å². The largest absolute Gasteiger partial charge is 0.480 e. The first-order valence-corrected chi connectivity index (χ1v) is 6.02. The van der Waals surface area contributed by atoms with E-state index in [4.69, 9.17) is 14.6 Å². The summed E-state index contributed by atoms with van der Waals surface area (Å²) >= 11 is 0. The third-order valence-corrected chi connectivity index (χ3v) is 3.31. The van der Waals surface area contributed by atoms with Crippen molar-refractivity contribution in [3.63, 3.8) is 0 Å².